The quantitative estimate of drug-likeness (QED) is 0.469. The lowest BCUT2D eigenvalue weighted by atomic mass is 9.99. The van der Waals surface area contributed by atoms with Crippen LogP contribution in [0.3, 0.4) is 0 Å². The van der Waals surface area contributed by atoms with E-state index in [0.717, 1.165) is 4.31 Å². The Morgan fingerprint density at radius 2 is 2.05 bits per heavy atom. The number of aliphatic hydroxyl groups excluding tert-OH is 1. The second-order valence-electron chi connectivity index (χ2n) is 9.66. The van der Waals surface area contributed by atoms with E-state index in [0.29, 0.717) is 0 Å². The molecule has 0 radical (unpaired) electrons. The number of hydrogen-bond donors (Lipinski definition) is 2. The molecule has 0 fully saturated rings. The molecule has 3 atom stereocenters. The highest BCUT2D eigenvalue weighted by Crippen LogP contribution is 2.31. The number of likely N-dealkylation sites (N-methyl/N-ethyl adjacent to an activating group) is 1. The molecule has 2 aromatic rings. The van der Waals surface area contributed by atoms with Gasteiger partial charge in [0.05, 0.1) is 37.5 Å². The lowest BCUT2D eigenvalue weighted by molar-refractivity contribution is -0.142. The highest BCUT2D eigenvalue weighted by Gasteiger charge is 2.36. The number of sulfonamides is 1. The smallest absolute Gasteiger partial charge is 0.389 e. The summed E-state index contributed by atoms with van der Waals surface area (Å²) in [6, 6.07) is 3.47. The van der Waals surface area contributed by atoms with Crippen molar-refractivity contribution in [3.05, 3.63) is 36.3 Å². The van der Waals surface area contributed by atoms with E-state index in [2.05, 4.69) is 10.3 Å². The lowest BCUT2D eigenvalue weighted by Crippen LogP contribution is -2.50. The van der Waals surface area contributed by atoms with Crippen LogP contribution in [0, 0.1) is 5.92 Å². The number of alkyl halides is 3. The van der Waals surface area contributed by atoms with Gasteiger partial charge < -0.3 is 24.6 Å². The predicted octanol–water partition coefficient (Wildman–Crippen LogP) is 2.24. The standard InChI is InChI=1S/C24H32F3N5O6S/c1-15-10-32(16(2)13-33)23(35)18-9-17(29-21(34)7-8-24(25,26)27)5-6-19(18)38-20(15)11-31(4)39(36,37)22-12-30(3)14-28-22/h5-6,9,12,14-16,20,33H,7-8,10-11,13H2,1-4H3,(H,29,34)/t15-,16+,20+/m0/s1. The van der Waals surface area contributed by atoms with E-state index in [1.54, 1.807) is 20.9 Å². The Bertz CT molecular complexity index is 1300. The second-order valence-corrected chi connectivity index (χ2v) is 11.7. The fraction of sp³-hybridized carbons (Fsp3) is 0.542. The fourth-order valence-electron chi connectivity index (χ4n) is 4.03. The third-order valence-corrected chi connectivity index (χ3v) is 8.09. The maximum absolute atomic E-state index is 13.5. The molecular weight excluding hydrogens is 543 g/mol. The van der Waals surface area contributed by atoms with Crippen molar-refractivity contribution >= 4 is 27.5 Å². The molecular formula is C24H32F3N5O6S. The first kappa shape index (κ1) is 30.4. The first-order chi connectivity index (χ1) is 18.1. The molecule has 0 saturated heterocycles. The number of amides is 2. The average Bonchev–Trinajstić information content (AvgIpc) is 3.31. The Morgan fingerprint density at radius 3 is 2.64 bits per heavy atom. The van der Waals surface area contributed by atoms with Gasteiger partial charge in [0.1, 0.15) is 11.9 Å². The molecule has 0 unspecified atom stereocenters. The zero-order chi connectivity index (χ0) is 29.1. The molecule has 39 heavy (non-hydrogen) atoms. The van der Waals surface area contributed by atoms with Crippen LogP contribution in [0.15, 0.2) is 35.7 Å². The van der Waals surface area contributed by atoms with E-state index >= 15 is 0 Å². The van der Waals surface area contributed by atoms with Gasteiger partial charge in [0, 0.05) is 44.9 Å². The van der Waals surface area contributed by atoms with Crippen molar-refractivity contribution in [3.8, 4) is 5.75 Å². The van der Waals surface area contributed by atoms with Gasteiger partial charge in [-0.05, 0) is 25.1 Å². The van der Waals surface area contributed by atoms with Gasteiger partial charge in [-0.2, -0.15) is 17.5 Å². The molecule has 0 bridgehead atoms. The topological polar surface area (TPSA) is 134 Å². The van der Waals surface area contributed by atoms with Gasteiger partial charge in [0.15, 0.2) is 5.03 Å². The zero-order valence-corrected chi connectivity index (χ0v) is 22.8. The molecule has 2 N–H and O–H groups in total. The van der Waals surface area contributed by atoms with Crippen LogP contribution in [0.1, 0.15) is 37.0 Å². The van der Waals surface area contributed by atoms with Gasteiger partial charge in [0.2, 0.25) is 5.91 Å². The van der Waals surface area contributed by atoms with E-state index in [1.165, 1.54) is 47.2 Å². The summed E-state index contributed by atoms with van der Waals surface area (Å²) in [4.78, 5) is 30.8. The number of aliphatic hydroxyl groups is 1. The van der Waals surface area contributed by atoms with Crippen LogP contribution < -0.4 is 10.1 Å². The summed E-state index contributed by atoms with van der Waals surface area (Å²) < 4.78 is 72.3. The molecule has 15 heteroatoms. The zero-order valence-electron chi connectivity index (χ0n) is 22.0. The van der Waals surface area contributed by atoms with E-state index in [4.69, 9.17) is 4.74 Å². The van der Waals surface area contributed by atoms with Crippen LogP contribution in [0.2, 0.25) is 0 Å². The number of fused-ring (bicyclic) bond motifs is 1. The molecule has 11 nitrogen and oxygen atoms in total. The number of imidazole rings is 1. The molecule has 0 saturated carbocycles. The summed E-state index contributed by atoms with van der Waals surface area (Å²) in [6.07, 6.45) is -4.56. The Labute approximate surface area is 224 Å². The van der Waals surface area contributed by atoms with Crippen molar-refractivity contribution < 1.29 is 41.0 Å². The number of aryl methyl sites for hydroxylation is 1. The minimum atomic E-state index is -4.49. The summed E-state index contributed by atoms with van der Waals surface area (Å²) in [5.74, 6) is -1.67. The van der Waals surface area contributed by atoms with Gasteiger partial charge in [-0.15, -0.1) is 0 Å². The van der Waals surface area contributed by atoms with Crippen molar-refractivity contribution in [1.29, 1.82) is 0 Å². The third kappa shape index (κ3) is 7.48. The number of ether oxygens (including phenoxy) is 1. The first-order valence-corrected chi connectivity index (χ1v) is 13.6. The molecule has 0 spiro atoms. The van der Waals surface area contributed by atoms with Crippen molar-refractivity contribution in [1.82, 2.24) is 18.8 Å². The molecule has 0 aliphatic carbocycles. The molecule has 1 aromatic heterocycles. The van der Waals surface area contributed by atoms with Gasteiger partial charge in [-0.25, -0.2) is 13.4 Å². The Morgan fingerprint density at radius 1 is 1.36 bits per heavy atom. The number of halogens is 3. The summed E-state index contributed by atoms with van der Waals surface area (Å²) in [7, 11) is -0.917. The number of hydrogen-bond acceptors (Lipinski definition) is 7. The SMILES string of the molecule is C[C@H](CO)N1C[C@H](C)[C@@H](CN(C)S(=O)(=O)c2cn(C)cn2)Oc2ccc(NC(=O)CCC(F)(F)F)cc2C1=O. The minimum absolute atomic E-state index is 0.0102. The maximum atomic E-state index is 13.5. The predicted molar refractivity (Wildman–Crippen MR) is 135 cm³/mol. The molecule has 2 heterocycles. The highest BCUT2D eigenvalue weighted by molar-refractivity contribution is 7.89. The van der Waals surface area contributed by atoms with Crippen LogP contribution in [-0.2, 0) is 21.9 Å². The number of carbonyl (C=O) groups is 2. The van der Waals surface area contributed by atoms with Crippen molar-refractivity contribution in [2.75, 3.05) is 32.1 Å². The number of aromatic nitrogens is 2. The van der Waals surface area contributed by atoms with Crippen LogP contribution in [-0.4, -0.2) is 89.2 Å². The second kappa shape index (κ2) is 11.9. The van der Waals surface area contributed by atoms with Crippen molar-refractivity contribution in [2.24, 2.45) is 13.0 Å². The number of nitrogens with one attached hydrogen (secondary N) is 1. The summed E-state index contributed by atoms with van der Waals surface area (Å²) >= 11 is 0. The molecule has 3 rings (SSSR count). The number of benzene rings is 1. The molecule has 2 amide bonds. The maximum Gasteiger partial charge on any atom is 0.389 e. The van der Waals surface area contributed by atoms with Gasteiger partial charge in [0.25, 0.3) is 15.9 Å². The van der Waals surface area contributed by atoms with Gasteiger partial charge in [-0.1, -0.05) is 6.92 Å². The first-order valence-electron chi connectivity index (χ1n) is 12.2. The van der Waals surface area contributed by atoms with Gasteiger partial charge in [-0.3, -0.25) is 9.59 Å². The van der Waals surface area contributed by atoms with Crippen LogP contribution in [0.4, 0.5) is 18.9 Å². The van der Waals surface area contributed by atoms with Crippen molar-refractivity contribution in [3.63, 3.8) is 0 Å². The van der Waals surface area contributed by atoms with Crippen LogP contribution >= 0.6 is 0 Å². The summed E-state index contributed by atoms with van der Waals surface area (Å²) in [6.45, 7) is 3.11. The molecule has 216 valence electrons. The highest BCUT2D eigenvalue weighted by atomic mass is 32.2. The fourth-order valence-corrected chi connectivity index (χ4v) is 5.17. The summed E-state index contributed by atoms with van der Waals surface area (Å²) in [5, 5.41) is 12.0. The normalized spacial score (nSPS) is 19.2. The van der Waals surface area contributed by atoms with Crippen LogP contribution in [0.5, 0.6) is 5.75 Å². The van der Waals surface area contributed by atoms with E-state index < -0.39 is 53.0 Å². The minimum Gasteiger partial charge on any atom is -0.488 e. The van der Waals surface area contributed by atoms with E-state index in [-0.39, 0.29) is 47.6 Å². The Kier molecular flexibility index (Phi) is 9.28. The molecule has 1 aromatic carbocycles. The number of rotatable bonds is 9. The summed E-state index contributed by atoms with van der Waals surface area (Å²) in [5.41, 5.74) is 0.102. The lowest BCUT2D eigenvalue weighted by Gasteiger charge is -2.38. The van der Waals surface area contributed by atoms with E-state index in [1.807, 2.05) is 0 Å². The third-order valence-electron chi connectivity index (χ3n) is 6.38. The van der Waals surface area contributed by atoms with Gasteiger partial charge >= 0.3 is 6.18 Å². The number of carbonyl (C=O) groups excluding carboxylic acids is 2. The Hall–Kier alpha value is -3.17. The molecule has 1 aliphatic heterocycles. The average molecular weight is 576 g/mol. The molecule has 1 aliphatic rings. The number of anilines is 1. The monoisotopic (exact) mass is 575 g/mol. The van der Waals surface area contributed by atoms with E-state index in [9.17, 15) is 36.3 Å². The number of nitrogens with zero attached hydrogens (tertiary/aromatic N) is 4. The van der Waals surface area contributed by atoms with Crippen molar-refractivity contribution in [2.45, 2.75) is 50.0 Å². The largest absolute Gasteiger partial charge is 0.488 e. The van der Waals surface area contributed by atoms with Crippen LogP contribution in [0.25, 0.3) is 0 Å². The Balaban J connectivity index is 1.91.